The van der Waals surface area contributed by atoms with Crippen molar-refractivity contribution >= 4 is 21.9 Å². The lowest BCUT2D eigenvalue weighted by Crippen LogP contribution is -2.19. The summed E-state index contributed by atoms with van der Waals surface area (Å²) in [7, 11) is 0. The SMILES string of the molecule is O=C(O)C(COc1cc(F)cc(Br)c1)c1ccccc1. The van der Waals surface area contributed by atoms with Crippen molar-refractivity contribution in [2.24, 2.45) is 0 Å². The number of rotatable bonds is 5. The fraction of sp³-hybridized carbons (Fsp3) is 0.133. The van der Waals surface area contributed by atoms with Gasteiger partial charge in [-0.05, 0) is 17.7 Å². The molecule has 2 rings (SSSR count). The van der Waals surface area contributed by atoms with Crippen LogP contribution in [0.25, 0.3) is 0 Å². The fourth-order valence-corrected chi connectivity index (χ4v) is 2.23. The Labute approximate surface area is 124 Å². The summed E-state index contributed by atoms with van der Waals surface area (Å²) in [4.78, 5) is 11.3. The van der Waals surface area contributed by atoms with Gasteiger partial charge in [-0.2, -0.15) is 0 Å². The molecule has 3 nitrogen and oxygen atoms in total. The number of aliphatic carboxylic acids is 1. The van der Waals surface area contributed by atoms with Crippen LogP contribution in [0.4, 0.5) is 4.39 Å². The highest BCUT2D eigenvalue weighted by Crippen LogP contribution is 2.23. The molecule has 2 aromatic carbocycles. The number of carboxylic acids is 1. The van der Waals surface area contributed by atoms with Crippen molar-refractivity contribution in [1.82, 2.24) is 0 Å². The maximum absolute atomic E-state index is 13.2. The molecule has 104 valence electrons. The zero-order valence-corrected chi connectivity index (χ0v) is 12.0. The molecule has 0 aliphatic carbocycles. The average molecular weight is 339 g/mol. The average Bonchev–Trinajstić information content (AvgIpc) is 2.38. The van der Waals surface area contributed by atoms with E-state index in [1.54, 1.807) is 30.3 Å². The lowest BCUT2D eigenvalue weighted by molar-refractivity contribution is -0.139. The van der Waals surface area contributed by atoms with E-state index < -0.39 is 17.7 Å². The minimum absolute atomic E-state index is 0.0603. The Morgan fingerprint density at radius 2 is 1.95 bits per heavy atom. The van der Waals surface area contributed by atoms with Gasteiger partial charge in [-0.15, -0.1) is 0 Å². The van der Waals surface area contributed by atoms with Crippen LogP contribution in [0.5, 0.6) is 5.75 Å². The van der Waals surface area contributed by atoms with Crippen LogP contribution < -0.4 is 4.74 Å². The minimum atomic E-state index is -0.980. The van der Waals surface area contributed by atoms with Gasteiger partial charge in [0.2, 0.25) is 0 Å². The minimum Gasteiger partial charge on any atom is -0.492 e. The number of hydrogen-bond acceptors (Lipinski definition) is 2. The van der Waals surface area contributed by atoms with Crippen LogP contribution in [0.15, 0.2) is 53.0 Å². The lowest BCUT2D eigenvalue weighted by Gasteiger charge is -2.14. The molecule has 0 spiro atoms. The van der Waals surface area contributed by atoms with Gasteiger partial charge < -0.3 is 9.84 Å². The molecular formula is C15H12BrFO3. The molecule has 0 saturated carbocycles. The smallest absolute Gasteiger partial charge is 0.314 e. The Morgan fingerprint density at radius 3 is 2.55 bits per heavy atom. The maximum Gasteiger partial charge on any atom is 0.314 e. The van der Waals surface area contributed by atoms with Crippen LogP contribution in [-0.2, 0) is 4.79 Å². The predicted octanol–water partition coefficient (Wildman–Crippen LogP) is 3.84. The summed E-state index contributed by atoms with van der Waals surface area (Å²) in [5.41, 5.74) is 0.649. The molecule has 1 atom stereocenters. The molecule has 0 radical (unpaired) electrons. The number of carboxylic acid groups (broad SMARTS) is 1. The molecule has 0 aromatic heterocycles. The Morgan fingerprint density at radius 1 is 1.25 bits per heavy atom. The Bertz CT molecular complexity index is 581. The van der Waals surface area contributed by atoms with Crippen molar-refractivity contribution in [2.75, 3.05) is 6.61 Å². The number of ether oxygens (including phenoxy) is 1. The molecule has 0 saturated heterocycles. The van der Waals surface area contributed by atoms with E-state index in [0.29, 0.717) is 15.8 Å². The second-order valence-electron chi connectivity index (χ2n) is 4.22. The molecule has 1 unspecified atom stereocenters. The van der Waals surface area contributed by atoms with E-state index in [1.807, 2.05) is 6.07 Å². The van der Waals surface area contributed by atoms with Crippen LogP contribution in [0.3, 0.4) is 0 Å². The number of halogens is 2. The van der Waals surface area contributed by atoms with Gasteiger partial charge in [0.25, 0.3) is 0 Å². The second-order valence-corrected chi connectivity index (χ2v) is 5.13. The standard InChI is InChI=1S/C15H12BrFO3/c16-11-6-12(17)8-13(7-11)20-9-14(15(18)19)10-4-2-1-3-5-10/h1-8,14H,9H2,(H,18,19). The molecule has 20 heavy (non-hydrogen) atoms. The monoisotopic (exact) mass is 338 g/mol. The lowest BCUT2D eigenvalue weighted by atomic mass is 10.0. The van der Waals surface area contributed by atoms with Crippen molar-refractivity contribution in [3.63, 3.8) is 0 Å². The van der Waals surface area contributed by atoms with E-state index in [2.05, 4.69) is 15.9 Å². The first-order valence-corrected chi connectivity index (χ1v) is 6.72. The van der Waals surface area contributed by atoms with Crippen LogP contribution in [0.2, 0.25) is 0 Å². The van der Waals surface area contributed by atoms with Crippen molar-refractivity contribution in [2.45, 2.75) is 5.92 Å². The van der Waals surface area contributed by atoms with Crippen molar-refractivity contribution in [3.8, 4) is 5.75 Å². The van der Waals surface area contributed by atoms with E-state index in [0.717, 1.165) is 0 Å². The largest absolute Gasteiger partial charge is 0.492 e. The van der Waals surface area contributed by atoms with Crippen LogP contribution in [-0.4, -0.2) is 17.7 Å². The van der Waals surface area contributed by atoms with E-state index in [4.69, 9.17) is 4.74 Å². The van der Waals surface area contributed by atoms with Gasteiger partial charge in [0.05, 0.1) is 0 Å². The van der Waals surface area contributed by atoms with E-state index in [-0.39, 0.29) is 6.61 Å². The summed E-state index contributed by atoms with van der Waals surface area (Å²) in [5, 5.41) is 9.25. The summed E-state index contributed by atoms with van der Waals surface area (Å²) in [6.07, 6.45) is 0. The third-order valence-electron chi connectivity index (χ3n) is 2.75. The van der Waals surface area contributed by atoms with Gasteiger partial charge in [0, 0.05) is 10.5 Å². The molecule has 5 heteroatoms. The number of benzene rings is 2. The molecule has 1 N–H and O–H groups in total. The number of hydrogen-bond donors (Lipinski definition) is 1. The molecule has 0 aliphatic heterocycles. The van der Waals surface area contributed by atoms with E-state index in [9.17, 15) is 14.3 Å². The van der Waals surface area contributed by atoms with Crippen LogP contribution >= 0.6 is 15.9 Å². The summed E-state index contributed by atoms with van der Waals surface area (Å²) < 4.78 is 19.1. The fourth-order valence-electron chi connectivity index (χ4n) is 1.79. The Balaban J connectivity index is 2.12. The van der Waals surface area contributed by atoms with Crippen molar-refractivity contribution in [3.05, 3.63) is 64.4 Å². The first-order valence-electron chi connectivity index (χ1n) is 5.93. The quantitative estimate of drug-likeness (QED) is 0.900. The molecule has 0 amide bonds. The summed E-state index contributed by atoms with van der Waals surface area (Å²) in [6, 6.07) is 12.9. The van der Waals surface area contributed by atoms with Gasteiger partial charge in [0.15, 0.2) is 0 Å². The first kappa shape index (κ1) is 14.5. The Hall–Kier alpha value is -1.88. The second kappa shape index (κ2) is 6.52. The summed E-state index contributed by atoms with van der Waals surface area (Å²) >= 11 is 3.16. The van der Waals surface area contributed by atoms with Gasteiger partial charge in [-0.3, -0.25) is 4.79 Å². The molecule has 2 aromatic rings. The number of carbonyl (C=O) groups is 1. The first-order chi connectivity index (χ1) is 9.56. The molecule has 0 heterocycles. The topological polar surface area (TPSA) is 46.5 Å². The molecule has 0 fully saturated rings. The third kappa shape index (κ3) is 3.81. The molecule has 0 bridgehead atoms. The predicted molar refractivity (Wildman–Crippen MR) is 76.4 cm³/mol. The van der Waals surface area contributed by atoms with E-state index in [1.165, 1.54) is 12.1 Å². The van der Waals surface area contributed by atoms with Gasteiger partial charge >= 0.3 is 5.97 Å². The van der Waals surface area contributed by atoms with Crippen molar-refractivity contribution < 1.29 is 19.0 Å². The molecular weight excluding hydrogens is 327 g/mol. The van der Waals surface area contributed by atoms with E-state index >= 15 is 0 Å². The Kier molecular flexibility index (Phi) is 4.74. The maximum atomic E-state index is 13.2. The normalized spacial score (nSPS) is 11.9. The zero-order valence-electron chi connectivity index (χ0n) is 10.4. The molecule has 0 aliphatic rings. The van der Waals surface area contributed by atoms with Gasteiger partial charge in [-0.1, -0.05) is 46.3 Å². The van der Waals surface area contributed by atoms with Crippen LogP contribution in [0, 0.1) is 5.82 Å². The summed E-state index contributed by atoms with van der Waals surface area (Å²) in [5.74, 6) is -1.93. The highest BCUT2D eigenvalue weighted by molar-refractivity contribution is 9.10. The van der Waals surface area contributed by atoms with Crippen LogP contribution in [0.1, 0.15) is 11.5 Å². The van der Waals surface area contributed by atoms with Gasteiger partial charge in [-0.25, -0.2) is 4.39 Å². The zero-order chi connectivity index (χ0) is 14.5. The third-order valence-corrected chi connectivity index (χ3v) is 3.21. The summed E-state index contributed by atoms with van der Waals surface area (Å²) in [6.45, 7) is -0.0603. The van der Waals surface area contributed by atoms with Crippen molar-refractivity contribution in [1.29, 1.82) is 0 Å². The van der Waals surface area contributed by atoms with Gasteiger partial charge in [0.1, 0.15) is 24.1 Å². The highest BCUT2D eigenvalue weighted by Gasteiger charge is 2.20. The highest BCUT2D eigenvalue weighted by atomic mass is 79.9.